The molecule has 0 radical (unpaired) electrons. The van der Waals surface area contributed by atoms with Gasteiger partial charge in [0.2, 0.25) is 0 Å². The van der Waals surface area contributed by atoms with E-state index in [0.29, 0.717) is 0 Å². The van der Waals surface area contributed by atoms with Crippen molar-refractivity contribution < 1.29 is 4.79 Å². The molecule has 4 nitrogen and oxygen atoms in total. The molecule has 2 rings (SSSR count). The number of hydrazine groups is 1. The van der Waals surface area contributed by atoms with E-state index >= 15 is 0 Å². The minimum atomic E-state index is 0.0324. The molecule has 4 heteroatoms. The Labute approximate surface area is 65.4 Å². The average molecular weight is 153 g/mol. The molecule has 0 aromatic carbocycles. The summed E-state index contributed by atoms with van der Waals surface area (Å²) >= 11 is 0. The summed E-state index contributed by atoms with van der Waals surface area (Å²) in [7, 11) is 1.79. The maximum Gasteiger partial charge on any atom is 0.250 e. The predicted octanol–water partition coefficient (Wildman–Crippen LogP) is -0.492. The highest BCUT2D eigenvalue weighted by Gasteiger charge is 2.32. The van der Waals surface area contributed by atoms with Crippen molar-refractivity contribution >= 4 is 5.91 Å². The molecule has 1 unspecified atom stereocenters. The zero-order chi connectivity index (χ0) is 7.84. The molecule has 1 amide bonds. The molecule has 2 heterocycles. The molecule has 0 aromatic rings. The van der Waals surface area contributed by atoms with Crippen LogP contribution >= 0.6 is 0 Å². The van der Waals surface area contributed by atoms with Gasteiger partial charge < -0.3 is 9.91 Å². The van der Waals surface area contributed by atoms with Crippen LogP contribution in [0.2, 0.25) is 0 Å². The molecule has 1 fully saturated rings. The van der Waals surface area contributed by atoms with Gasteiger partial charge in [0.15, 0.2) is 0 Å². The fourth-order valence-electron chi connectivity index (χ4n) is 1.46. The zero-order valence-corrected chi connectivity index (χ0v) is 6.45. The maximum atomic E-state index is 11.4. The lowest BCUT2D eigenvalue weighted by Crippen LogP contribution is -2.46. The molecular formula is C7H11N3O. The Morgan fingerprint density at radius 1 is 1.64 bits per heavy atom. The first-order chi connectivity index (χ1) is 5.29. The van der Waals surface area contributed by atoms with Gasteiger partial charge in [0.25, 0.3) is 5.91 Å². The number of rotatable bonds is 0. The summed E-state index contributed by atoms with van der Waals surface area (Å²) < 4.78 is 0. The summed E-state index contributed by atoms with van der Waals surface area (Å²) in [5, 5.41) is 1.88. The second kappa shape index (κ2) is 2.23. The highest BCUT2D eigenvalue weighted by atomic mass is 16.2. The van der Waals surface area contributed by atoms with Gasteiger partial charge in [-0.2, -0.15) is 0 Å². The molecule has 11 heavy (non-hydrogen) atoms. The number of fused-ring (bicyclic) bond motifs is 1. The van der Waals surface area contributed by atoms with Crippen molar-refractivity contribution in [1.29, 1.82) is 0 Å². The lowest BCUT2D eigenvalue weighted by atomic mass is 10.2. The van der Waals surface area contributed by atoms with E-state index in [-0.39, 0.29) is 11.9 Å². The van der Waals surface area contributed by atoms with Crippen molar-refractivity contribution in [3.05, 3.63) is 12.4 Å². The Balaban J connectivity index is 2.24. The zero-order valence-electron chi connectivity index (χ0n) is 6.45. The molecule has 2 aliphatic heterocycles. The monoisotopic (exact) mass is 153 g/mol. The average Bonchev–Trinajstić information content (AvgIpc) is 2.45. The quantitative estimate of drug-likeness (QED) is 0.510. The molecule has 1 N–H and O–H groups in total. The fraction of sp³-hybridized carbons (Fsp3) is 0.571. The van der Waals surface area contributed by atoms with E-state index in [1.807, 2.05) is 11.2 Å². The second-order valence-electron chi connectivity index (χ2n) is 2.87. The first-order valence-corrected chi connectivity index (χ1v) is 3.76. The van der Waals surface area contributed by atoms with Crippen molar-refractivity contribution in [2.45, 2.75) is 12.5 Å². The van der Waals surface area contributed by atoms with Gasteiger partial charge in [0, 0.05) is 26.0 Å². The molecule has 0 aliphatic carbocycles. The van der Waals surface area contributed by atoms with Crippen LogP contribution in [0, 0.1) is 0 Å². The third-order valence-corrected chi connectivity index (χ3v) is 2.13. The van der Waals surface area contributed by atoms with E-state index in [4.69, 9.17) is 0 Å². The van der Waals surface area contributed by atoms with Crippen molar-refractivity contribution in [2.75, 3.05) is 13.6 Å². The lowest BCUT2D eigenvalue weighted by Gasteiger charge is -2.29. The number of hydrogen-bond acceptors (Lipinski definition) is 3. The van der Waals surface area contributed by atoms with Crippen molar-refractivity contribution in [3.63, 3.8) is 0 Å². The van der Waals surface area contributed by atoms with E-state index in [0.717, 1.165) is 13.0 Å². The number of amides is 1. The molecule has 1 atom stereocenters. The minimum Gasteiger partial charge on any atom is -0.319 e. The Kier molecular flexibility index (Phi) is 1.35. The van der Waals surface area contributed by atoms with Gasteiger partial charge in [-0.05, 0) is 6.42 Å². The summed E-state index contributed by atoms with van der Waals surface area (Å²) in [6.07, 6.45) is 4.59. The van der Waals surface area contributed by atoms with E-state index in [9.17, 15) is 4.79 Å². The number of likely N-dealkylation sites (N-methyl/N-ethyl adjacent to an activating group) is 1. The normalized spacial score (nSPS) is 29.5. The number of hydrogen-bond donors (Lipinski definition) is 1. The molecule has 0 spiro atoms. The van der Waals surface area contributed by atoms with Crippen LogP contribution in [-0.4, -0.2) is 35.5 Å². The third-order valence-electron chi connectivity index (χ3n) is 2.13. The van der Waals surface area contributed by atoms with E-state index < -0.39 is 0 Å². The number of nitrogens with zero attached hydrogens (tertiary/aromatic N) is 2. The standard InChI is InChI=1S/C7H11N3O/c1-9-4-5-10-6(7(9)11)2-3-8-10/h4-6,8H,2-3H2,1H3. The van der Waals surface area contributed by atoms with Gasteiger partial charge in [-0.25, -0.2) is 5.43 Å². The van der Waals surface area contributed by atoms with Gasteiger partial charge in [-0.1, -0.05) is 0 Å². The number of nitrogens with one attached hydrogen (secondary N) is 1. The van der Waals surface area contributed by atoms with Crippen molar-refractivity contribution in [2.24, 2.45) is 0 Å². The number of carbonyl (C=O) groups excluding carboxylic acids is 1. The SMILES string of the molecule is CN1C=CN2NCCC2C1=O. The first kappa shape index (κ1) is 6.67. The van der Waals surface area contributed by atoms with Crippen LogP contribution in [0.5, 0.6) is 0 Å². The minimum absolute atomic E-state index is 0.0324. The second-order valence-corrected chi connectivity index (χ2v) is 2.87. The molecule has 0 aromatic heterocycles. The summed E-state index contributed by atoms with van der Waals surface area (Å²) in [5.41, 5.74) is 3.11. The summed E-state index contributed by atoms with van der Waals surface area (Å²) in [6, 6.07) is 0.0324. The molecule has 60 valence electrons. The van der Waals surface area contributed by atoms with Crippen LogP contribution in [0.3, 0.4) is 0 Å². The van der Waals surface area contributed by atoms with E-state index in [1.54, 1.807) is 18.1 Å². The van der Waals surface area contributed by atoms with Gasteiger partial charge in [-0.15, -0.1) is 0 Å². The molecular weight excluding hydrogens is 142 g/mol. The van der Waals surface area contributed by atoms with Gasteiger partial charge >= 0.3 is 0 Å². The molecule has 0 bridgehead atoms. The molecule has 0 saturated carbocycles. The van der Waals surface area contributed by atoms with Gasteiger partial charge in [-0.3, -0.25) is 4.79 Å². The van der Waals surface area contributed by atoms with Gasteiger partial charge in [0.1, 0.15) is 6.04 Å². The molecule has 2 aliphatic rings. The van der Waals surface area contributed by atoms with Crippen LogP contribution in [0.25, 0.3) is 0 Å². The van der Waals surface area contributed by atoms with E-state index in [1.165, 1.54) is 0 Å². The largest absolute Gasteiger partial charge is 0.319 e. The van der Waals surface area contributed by atoms with Crippen molar-refractivity contribution in [1.82, 2.24) is 15.3 Å². The number of carbonyl (C=O) groups is 1. The highest BCUT2D eigenvalue weighted by Crippen LogP contribution is 2.15. The Morgan fingerprint density at radius 3 is 3.27 bits per heavy atom. The van der Waals surface area contributed by atoms with Crippen molar-refractivity contribution in [3.8, 4) is 0 Å². The van der Waals surface area contributed by atoms with Crippen LogP contribution in [0.1, 0.15) is 6.42 Å². The maximum absolute atomic E-state index is 11.4. The van der Waals surface area contributed by atoms with Gasteiger partial charge in [0.05, 0.1) is 0 Å². The van der Waals surface area contributed by atoms with Crippen LogP contribution < -0.4 is 5.43 Å². The Hall–Kier alpha value is -1.03. The molecule has 1 saturated heterocycles. The lowest BCUT2D eigenvalue weighted by molar-refractivity contribution is -0.133. The Morgan fingerprint density at radius 2 is 2.45 bits per heavy atom. The highest BCUT2D eigenvalue weighted by molar-refractivity contribution is 5.83. The van der Waals surface area contributed by atoms with Crippen LogP contribution in [0.4, 0.5) is 0 Å². The van der Waals surface area contributed by atoms with E-state index in [2.05, 4.69) is 5.43 Å². The van der Waals surface area contributed by atoms with Crippen LogP contribution in [-0.2, 0) is 4.79 Å². The third kappa shape index (κ3) is 0.903. The summed E-state index contributed by atoms with van der Waals surface area (Å²) in [4.78, 5) is 13.0. The predicted molar refractivity (Wildman–Crippen MR) is 40.2 cm³/mol. The topological polar surface area (TPSA) is 35.6 Å². The Bertz CT molecular complexity index is 214. The summed E-state index contributed by atoms with van der Waals surface area (Å²) in [6.45, 7) is 0.897. The smallest absolute Gasteiger partial charge is 0.250 e. The van der Waals surface area contributed by atoms with Crippen LogP contribution in [0.15, 0.2) is 12.4 Å². The first-order valence-electron chi connectivity index (χ1n) is 3.76. The fourth-order valence-corrected chi connectivity index (χ4v) is 1.46. The summed E-state index contributed by atoms with van der Waals surface area (Å²) in [5.74, 6) is 0.178.